The monoisotopic (exact) mass is 270 g/mol. The molecule has 0 atom stereocenters. The molecule has 0 saturated carbocycles. The van der Waals surface area contributed by atoms with Crippen molar-refractivity contribution in [2.75, 3.05) is 11.4 Å². The van der Waals surface area contributed by atoms with Gasteiger partial charge in [0.25, 0.3) is 5.69 Å². The highest BCUT2D eigenvalue weighted by Gasteiger charge is 2.18. The Kier molecular flexibility index (Phi) is 3.06. The van der Waals surface area contributed by atoms with Gasteiger partial charge >= 0.3 is 0 Å². The van der Waals surface area contributed by atoms with E-state index in [9.17, 15) is 10.1 Å². The Bertz CT molecular complexity index is 655. The average molecular weight is 270 g/mol. The second kappa shape index (κ2) is 4.88. The zero-order valence-corrected chi connectivity index (χ0v) is 11.1. The number of hydrogen-bond donors (Lipinski definition) is 0. The summed E-state index contributed by atoms with van der Waals surface area (Å²) >= 11 is 0. The molecule has 1 aromatic carbocycles. The third-order valence-electron chi connectivity index (χ3n) is 3.48. The van der Waals surface area contributed by atoms with E-state index in [0.717, 1.165) is 42.3 Å². The minimum atomic E-state index is -0.383. The predicted molar refractivity (Wildman–Crippen MR) is 74.6 cm³/mol. The molecule has 1 aromatic heterocycles. The van der Waals surface area contributed by atoms with Crippen LogP contribution >= 0.6 is 0 Å². The first-order valence-electron chi connectivity index (χ1n) is 6.44. The zero-order chi connectivity index (χ0) is 14.1. The van der Waals surface area contributed by atoms with E-state index >= 15 is 0 Å². The zero-order valence-electron chi connectivity index (χ0n) is 11.1. The summed E-state index contributed by atoms with van der Waals surface area (Å²) in [4.78, 5) is 21.1. The minimum Gasteiger partial charge on any atom is -0.367 e. The van der Waals surface area contributed by atoms with Crippen LogP contribution in [-0.2, 0) is 13.0 Å². The summed E-state index contributed by atoms with van der Waals surface area (Å²) in [6, 6.07) is 6.66. The van der Waals surface area contributed by atoms with Crippen LogP contribution in [0.5, 0.6) is 0 Å². The molecule has 2 aromatic rings. The summed E-state index contributed by atoms with van der Waals surface area (Å²) in [5.41, 5.74) is 3.34. The molecule has 0 amide bonds. The lowest BCUT2D eigenvalue weighted by atomic mass is 10.1. The van der Waals surface area contributed by atoms with Crippen molar-refractivity contribution in [3.05, 3.63) is 57.7 Å². The summed E-state index contributed by atoms with van der Waals surface area (Å²) in [6.07, 6.45) is 2.74. The van der Waals surface area contributed by atoms with E-state index in [1.54, 1.807) is 12.1 Å². The molecule has 6 nitrogen and oxygen atoms in total. The molecular formula is C14H14N4O2. The third kappa shape index (κ3) is 2.32. The molecule has 3 rings (SSSR count). The molecule has 20 heavy (non-hydrogen) atoms. The third-order valence-corrected chi connectivity index (χ3v) is 3.48. The summed E-state index contributed by atoms with van der Waals surface area (Å²) in [6.45, 7) is 3.50. The van der Waals surface area contributed by atoms with Gasteiger partial charge in [-0.3, -0.25) is 10.1 Å². The van der Waals surface area contributed by atoms with E-state index in [2.05, 4.69) is 14.9 Å². The Balaban J connectivity index is 1.83. The van der Waals surface area contributed by atoms with Gasteiger partial charge in [0.1, 0.15) is 5.82 Å². The largest absolute Gasteiger partial charge is 0.367 e. The fourth-order valence-electron chi connectivity index (χ4n) is 2.42. The van der Waals surface area contributed by atoms with Crippen molar-refractivity contribution in [2.24, 2.45) is 0 Å². The highest BCUT2D eigenvalue weighted by atomic mass is 16.6. The Morgan fingerprint density at radius 1 is 1.30 bits per heavy atom. The van der Waals surface area contributed by atoms with Gasteiger partial charge in [-0.2, -0.15) is 0 Å². The summed E-state index contributed by atoms with van der Waals surface area (Å²) in [7, 11) is 0. The maximum Gasteiger partial charge on any atom is 0.269 e. The van der Waals surface area contributed by atoms with Crippen LogP contribution < -0.4 is 4.90 Å². The van der Waals surface area contributed by atoms with Gasteiger partial charge < -0.3 is 4.90 Å². The highest BCUT2D eigenvalue weighted by molar-refractivity contribution is 5.52. The van der Waals surface area contributed by atoms with Crippen molar-refractivity contribution in [1.29, 1.82) is 0 Å². The van der Waals surface area contributed by atoms with E-state index in [-0.39, 0.29) is 10.6 Å². The number of hydrogen-bond acceptors (Lipinski definition) is 5. The predicted octanol–water partition coefficient (Wildman–Crippen LogP) is 2.26. The van der Waals surface area contributed by atoms with E-state index in [0.29, 0.717) is 0 Å². The van der Waals surface area contributed by atoms with E-state index in [1.165, 1.54) is 12.1 Å². The number of rotatable bonds is 2. The van der Waals surface area contributed by atoms with Crippen LogP contribution in [0.25, 0.3) is 0 Å². The van der Waals surface area contributed by atoms with Crippen LogP contribution in [0.3, 0.4) is 0 Å². The van der Waals surface area contributed by atoms with Crippen molar-refractivity contribution in [1.82, 2.24) is 9.97 Å². The van der Waals surface area contributed by atoms with E-state index in [1.807, 2.05) is 13.1 Å². The van der Waals surface area contributed by atoms with Gasteiger partial charge in [0.05, 0.1) is 10.6 Å². The molecule has 0 radical (unpaired) electrons. The number of anilines is 1. The topological polar surface area (TPSA) is 72.2 Å². The van der Waals surface area contributed by atoms with Crippen molar-refractivity contribution in [2.45, 2.75) is 19.9 Å². The molecular weight excluding hydrogens is 256 g/mol. The first kappa shape index (κ1) is 12.5. The number of nitrogens with zero attached hydrogens (tertiary/aromatic N) is 4. The number of nitro groups is 1. The maximum absolute atomic E-state index is 10.7. The Morgan fingerprint density at radius 2 is 2.05 bits per heavy atom. The van der Waals surface area contributed by atoms with Gasteiger partial charge in [-0.15, -0.1) is 0 Å². The summed E-state index contributed by atoms with van der Waals surface area (Å²) < 4.78 is 0. The second-order valence-electron chi connectivity index (χ2n) is 4.83. The number of nitro benzene ring substituents is 1. The number of fused-ring (bicyclic) bond motifs is 1. The van der Waals surface area contributed by atoms with Crippen LogP contribution in [-0.4, -0.2) is 21.4 Å². The number of aromatic nitrogens is 2. The SMILES string of the molecule is Cc1ncc2c(n1)CCN(c1ccc([N+](=O)[O-])cc1)C2. The Morgan fingerprint density at radius 3 is 2.75 bits per heavy atom. The maximum atomic E-state index is 10.7. The first-order chi connectivity index (χ1) is 9.63. The standard InChI is InChI=1S/C14H14N4O2/c1-10-15-8-11-9-17(7-6-14(11)16-10)12-2-4-13(5-3-12)18(19)20/h2-5,8H,6-7,9H2,1H3. The smallest absolute Gasteiger partial charge is 0.269 e. The highest BCUT2D eigenvalue weighted by Crippen LogP contribution is 2.25. The second-order valence-corrected chi connectivity index (χ2v) is 4.83. The molecule has 0 fully saturated rings. The van der Waals surface area contributed by atoms with Crippen LogP contribution in [0.1, 0.15) is 17.1 Å². The van der Waals surface area contributed by atoms with Crippen molar-refractivity contribution in [3.8, 4) is 0 Å². The molecule has 0 bridgehead atoms. The number of aryl methyl sites for hydroxylation is 1. The Labute approximate surface area is 116 Å². The van der Waals surface area contributed by atoms with Gasteiger partial charge in [-0.1, -0.05) is 0 Å². The van der Waals surface area contributed by atoms with Crippen molar-refractivity contribution >= 4 is 11.4 Å². The lowest BCUT2D eigenvalue weighted by molar-refractivity contribution is -0.384. The van der Waals surface area contributed by atoms with Gasteiger partial charge in [0.15, 0.2) is 0 Å². The molecule has 2 heterocycles. The van der Waals surface area contributed by atoms with Crippen molar-refractivity contribution in [3.63, 3.8) is 0 Å². The van der Waals surface area contributed by atoms with Crippen LogP contribution in [0, 0.1) is 17.0 Å². The normalized spacial score (nSPS) is 13.9. The minimum absolute atomic E-state index is 0.116. The van der Waals surface area contributed by atoms with Gasteiger partial charge in [0.2, 0.25) is 0 Å². The molecule has 0 saturated heterocycles. The molecule has 0 spiro atoms. The number of benzene rings is 1. The summed E-state index contributed by atoms with van der Waals surface area (Å²) in [5.74, 6) is 0.799. The molecule has 0 unspecified atom stereocenters. The van der Waals surface area contributed by atoms with E-state index < -0.39 is 0 Å². The van der Waals surface area contributed by atoms with Crippen molar-refractivity contribution < 1.29 is 4.92 Å². The summed E-state index contributed by atoms with van der Waals surface area (Å²) in [5, 5.41) is 10.7. The van der Waals surface area contributed by atoms with Crippen LogP contribution in [0.2, 0.25) is 0 Å². The molecule has 6 heteroatoms. The fourth-order valence-corrected chi connectivity index (χ4v) is 2.42. The molecule has 102 valence electrons. The average Bonchev–Trinajstić information content (AvgIpc) is 2.47. The molecule has 0 aliphatic carbocycles. The number of non-ortho nitro benzene ring substituents is 1. The fraction of sp³-hybridized carbons (Fsp3) is 0.286. The van der Waals surface area contributed by atoms with Crippen LogP contribution in [0.4, 0.5) is 11.4 Å². The van der Waals surface area contributed by atoms with Gasteiger partial charge in [-0.25, -0.2) is 9.97 Å². The first-order valence-corrected chi connectivity index (χ1v) is 6.44. The van der Waals surface area contributed by atoms with Gasteiger partial charge in [-0.05, 0) is 19.1 Å². The molecule has 0 N–H and O–H groups in total. The molecule has 1 aliphatic heterocycles. The Hall–Kier alpha value is -2.50. The molecule has 1 aliphatic rings. The lowest BCUT2D eigenvalue weighted by Gasteiger charge is -2.29. The van der Waals surface area contributed by atoms with Gasteiger partial charge in [0, 0.05) is 49.1 Å². The quantitative estimate of drug-likeness (QED) is 0.618. The lowest BCUT2D eigenvalue weighted by Crippen LogP contribution is -2.31. The van der Waals surface area contributed by atoms with E-state index in [4.69, 9.17) is 0 Å². The van der Waals surface area contributed by atoms with Crippen LogP contribution in [0.15, 0.2) is 30.5 Å².